The standard InChI is InChI=1S/C12H19N3OSi/c1-12(2,3)17(4,5)16-10-8-6-7-9-11(10)14-15-13-9/h6-8H,1-5H3,(H,13,14,15). The summed E-state index contributed by atoms with van der Waals surface area (Å²) >= 11 is 0. The first-order chi connectivity index (χ1) is 7.81. The molecule has 0 bridgehead atoms. The van der Waals surface area contributed by atoms with Gasteiger partial charge in [0.25, 0.3) is 8.32 Å². The van der Waals surface area contributed by atoms with Gasteiger partial charge in [-0.05, 0) is 30.3 Å². The summed E-state index contributed by atoms with van der Waals surface area (Å²) in [5, 5.41) is 10.9. The van der Waals surface area contributed by atoms with Crippen LogP contribution in [0.4, 0.5) is 0 Å². The van der Waals surface area contributed by atoms with E-state index in [1.807, 2.05) is 18.2 Å². The van der Waals surface area contributed by atoms with Gasteiger partial charge in [0.1, 0.15) is 5.75 Å². The van der Waals surface area contributed by atoms with Crippen LogP contribution < -0.4 is 4.43 Å². The van der Waals surface area contributed by atoms with Gasteiger partial charge in [-0.1, -0.05) is 32.1 Å². The Labute approximate surface area is 103 Å². The van der Waals surface area contributed by atoms with E-state index in [1.165, 1.54) is 0 Å². The molecular formula is C12H19N3OSi. The monoisotopic (exact) mass is 249 g/mol. The van der Waals surface area contributed by atoms with E-state index in [-0.39, 0.29) is 5.04 Å². The predicted octanol–water partition coefficient (Wildman–Crippen LogP) is 3.34. The highest BCUT2D eigenvalue weighted by Crippen LogP contribution is 2.38. The summed E-state index contributed by atoms with van der Waals surface area (Å²) in [6.07, 6.45) is 0. The third-order valence-corrected chi connectivity index (χ3v) is 7.83. The maximum Gasteiger partial charge on any atom is 0.250 e. The van der Waals surface area contributed by atoms with E-state index in [1.54, 1.807) is 0 Å². The Balaban J connectivity index is 2.39. The van der Waals surface area contributed by atoms with Crippen LogP contribution in [-0.4, -0.2) is 23.7 Å². The van der Waals surface area contributed by atoms with E-state index in [4.69, 9.17) is 4.43 Å². The van der Waals surface area contributed by atoms with Gasteiger partial charge in [-0.2, -0.15) is 0 Å². The lowest BCUT2D eigenvalue weighted by molar-refractivity contribution is 0.495. The Kier molecular flexibility index (Phi) is 2.73. The summed E-state index contributed by atoms with van der Waals surface area (Å²) in [6, 6.07) is 5.88. The van der Waals surface area contributed by atoms with Crippen LogP contribution in [0.5, 0.6) is 5.75 Å². The Bertz CT molecular complexity index is 528. The van der Waals surface area contributed by atoms with Crippen molar-refractivity contribution < 1.29 is 4.43 Å². The topological polar surface area (TPSA) is 50.8 Å². The number of benzene rings is 1. The van der Waals surface area contributed by atoms with Gasteiger partial charge in [0.15, 0.2) is 5.52 Å². The quantitative estimate of drug-likeness (QED) is 0.830. The van der Waals surface area contributed by atoms with E-state index in [0.717, 1.165) is 16.8 Å². The largest absolute Gasteiger partial charge is 0.542 e. The minimum absolute atomic E-state index is 0.179. The van der Waals surface area contributed by atoms with Gasteiger partial charge < -0.3 is 4.43 Å². The number of hydrogen-bond acceptors (Lipinski definition) is 3. The Morgan fingerprint density at radius 3 is 2.59 bits per heavy atom. The first-order valence-electron chi connectivity index (χ1n) is 5.80. The molecule has 0 saturated heterocycles. The van der Waals surface area contributed by atoms with Crippen LogP contribution in [0.1, 0.15) is 20.8 Å². The molecule has 0 radical (unpaired) electrons. The summed E-state index contributed by atoms with van der Waals surface area (Å²) in [4.78, 5) is 0. The number of aromatic nitrogens is 3. The first kappa shape index (κ1) is 12.1. The molecule has 0 unspecified atom stereocenters. The number of hydrogen-bond donors (Lipinski definition) is 1. The van der Waals surface area contributed by atoms with Crippen molar-refractivity contribution in [1.82, 2.24) is 15.4 Å². The number of fused-ring (bicyclic) bond motifs is 1. The fraction of sp³-hybridized carbons (Fsp3) is 0.500. The molecule has 1 aromatic heterocycles. The number of nitrogens with one attached hydrogen (secondary N) is 1. The summed E-state index contributed by atoms with van der Waals surface area (Å²) < 4.78 is 6.25. The Morgan fingerprint density at radius 1 is 1.24 bits per heavy atom. The van der Waals surface area contributed by atoms with E-state index in [0.29, 0.717) is 0 Å². The van der Waals surface area contributed by atoms with Crippen molar-refractivity contribution in [2.24, 2.45) is 0 Å². The van der Waals surface area contributed by atoms with Crippen molar-refractivity contribution in [2.75, 3.05) is 0 Å². The normalized spacial score (nSPS) is 13.0. The second-order valence-electron chi connectivity index (χ2n) is 5.83. The Morgan fingerprint density at radius 2 is 1.94 bits per heavy atom. The highest BCUT2D eigenvalue weighted by molar-refractivity contribution is 6.74. The van der Waals surface area contributed by atoms with Crippen molar-refractivity contribution in [1.29, 1.82) is 0 Å². The van der Waals surface area contributed by atoms with Gasteiger partial charge in [-0.3, -0.25) is 5.10 Å². The van der Waals surface area contributed by atoms with E-state index < -0.39 is 8.32 Å². The van der Waals surface area contributed by atoms with E-state index in [2.05, 4.69) is 49.3 Å². The van der Waals surface area contributed by atoms with Crippen molar-refractivity contribution in [2.45, 2.75) is 38.9 Å². The van der Waals surface area contributed by atoms with Gasteiger partial charge in [-0.15, -0.1) is 5.10 Å². The van der Waals surface area contributed by atoms with Crippen LogP contribution in [0.15, 0.2) is 18.2 Å². The molecule has 17 heavy (non-hydrogen) atoms. The molecule has 1 N–H and O–H groups in total. The smallest absolute Gasteiger partial charge is 0.250 e. The average molecular weight is 249 g/mol. The first-order valence-corrected chi connectivity index (χ1v) is 8.71. The van der Waals surface area contributed by atoms with Gasteiger partial charge in [0.05, 0.1) is 5.52 Å². The number of rotatable bonds is 2. The molecule has 5 heteroatoms. The minimum Gasteiger partial charge on any atom is -0.542 e. The lowest BCUT2D eigenvalue weighted by Gasteiger charge is -2.36. The molecule has 0 atom stereocenters. The molecule has 1 aromatic carbocycles. The summed E-state index contributed by atoms with van der Waals surface area (Å²) in [6.45, 7) is 11.1. The molecule has 0 amide bonds. The lowest BCUT2D eigenvalue weighted by atomic mass is 10.2. The molecule has 0 aliphatic heterocycles. The molecule has 0 aliphatic carbocycles. The molecule has 4 nitrogen and oxygen atoms in total. The number of H-pyrrole nitrogens is 1. The molecular weight excluding hydrogens is 230 g/mol. The zero-order valence-corrected chi connectivity index (χ0v) is 12.0. The SMILES string of the molecule is CC(C)(C)[Si](C)(C)Oc1cccc2[nH]nnc12. The molecule has 2 rings (SSSR count). The van der Waals surface area contributed by atoms with Gasteiger partial charge in [0.2, 0.25) is 0 Å². The molecule has 0 aliphatic rings. The fourth-order valence-corrected chi connectivity index (χ4v) is 2.38. The van der Waals surface area contributed by atoms with Crippen LogP contribution in [0.25, 0.3) is 11.0 Å². The van der Waals surface area contributed by atoms with Gasteiger partial charge in [-0.25, -0.2) is 0 Å². The van der Waals surface area contributed by atoms with Crippen molar-refractivity contribution in [3.8, 4) is 5.75 Å². The van der Waals surface area contributed by atoms with Crippen molar-refractivity contribution in [3.05, 3.63) is 18.2 Å². The zero-order chi connectivity index (χ0) is 12.7. The van der Waals surface area contributed by atoms with Gasteiger partial charge in [0, 0.05) is 0 Å². The third kappa shape index (κ3) is 2.19. The lowest BCUT2D eigenvalue weighted by Crippen LogP contribution is -2.43. The van der Waals surface area contributed by atoms with Crippen LogP contribution in [0.3, 0.4) is 0 Å². The fourth-order valence-electron chi connectivity index (χ4n) is 1.35. The molecule has 1 heterocycles. The zero-order valence-electron chi connectivity index (χ0n) is 11.0. The average Bonchev–Trinajstić information content (AvgIpc) is 2.64. The van der Waals surface area contributed by atoms with Crippen molar-refractivity contribution >= 4 is 19.4 Å². The second kappa shape index (κ2) is 3.84. The highest BCUT2D eigenvalue weighted by atomic mass is 28.4. The Hall–Kier alpha value is -1.36. The summed E-state index contributed by atoms with van der Waals surface area (Å²) in [5.41, 5.74) is 1.73. The predicted molar refractivity (Wildman–Crippen MR) is 71.7 cm³/mol. The maximum atomic E-state index is 6.25. The van der Waals surface area contributed by atoms with Crippen LogP contribution in [0.2, 0.25) is 18.1 Å². The minimum atomic E-state index is -1.82. The molecule has 0 spiro atoms. The number of nitrogens with zero attached hydrogens (tertiary/aromatic N) is 2. The molecule has 2 aromatic rings. The summed E-state index contributed by atoms with van der Waals surface area (Å²) in [7, 11) is -1.82. The van der Waals surface area contributed by atoms with Crippen LogP contribution >= 0.6 is 0 Å². The second-order valence-corrected chi connectivity index (χ2v) is 10.6. The van der Waals surface area contributed by atoms with E-state index >= 15 is 0 Å². The van der Waals surface area contributed by atoms with E-state index in [9.17, 15) is 0 Å². The third-order valence-electron chi connectivity index (χ3n) is 3.49. The van der Waals surface area contributed by atoms with Crippen molar-refractivity contribution in [3.63, 3.8) is 0 Å². The van der Waals surface area contributed by atoms with Crippen LogP contribution in [-0.2, 0) is 0 Å². The summed E-state index contributed by atoms with van der Waals surface area (Å²) in [5.74, 6) is 0.836. The highest BCUT2D eigenvalue weighted by Gasteiger charge is 2.39. The molecule has 0 fully saturated rings. The molecule has 0 saturated carbocycles. The molecule has 92 valence electrons. The van der Waals surface area contributed by atoms with Gasteiger partial charge >= 0.3 is 0 Å². The van der Waals surface area contributed by atoms with Crippen LogP contribution in [0, 0.1) is 0 Å². The maximum absolute atomic E-state index is 6.25. The number of aromatic amines is 1.